The van der Waals surface area contributed by atoms with Gasteiger partial charge in [-0.2, -0.15) is 0 Å². The van der Waals surface area contributed by atoms with Gasteiger partial charge in [0, 0.05) is 17.1 Å². The van der Waals surface area contributed by atoms with Gasteiger partial charge in [-0.25, -0.2) is 9.97 Å². The number of ether oxygens (including phenoxy) is 2. The molecule has 7 rings (SSSR count). The fourth-order valence-electron chi connectivity index (χ4n) is 4.69. The first-order chi connectivity index (χ1) is 17.7. The van der Waals surface area contributed by atoms with E-state index in [9.17, 15) is 4.79 Å². The molecular weight excluding hydrogens is 454 g/mol. The molecular formula is C28H19N5O3. The first-order valence-corrected chi connectivity index (χ1v) is 11.4. The van der Waals surface area contributed by atoms with Crippen molar-refractivity contribution in [1.29, 1.82) is 0 Å². The van der Waals surface area contributed by atoms with E-state index in [1.165, 1.54) is 0 Å². The lowest BCUT2D eigenvalue weighted by atomic mass is 10.1. The molecule has 0 aliphatic carbocycles. The smallest absolute Gasteiger partial charge is 0.261 e. The number of anilines is 2. The molecule has 1 amide bonds. The molecule has 3 N–H and O–H groups in total. The highest BCUT2D eigenvalue weighted by molar-refractivity contribution is 6.18. The number of nitrogen functional groups attached to an aromatic ring is 1. The number of aromatic nitrogens is 3. The van der Waals surface area contributed by atoms with Gasteiger partial charge in [-0.1, -0.05) is 48.5 Å². The van der Waals surface area contributed by atoms with E-state index in [4.69, 9.17) is 25.2 Å². The highest BCUT2D eigenvalue weighted by Crippen LogP contribution is 2.37. The number of carbonyl (C=O) groups excluding carboxylic acids is 1. The molecule has 0 fully saturated rings. The van der Waals surface area contributed by atoms with E-state index in [2.05, 4.69) is 5.32 Å². The summed E-state index contributed by atoms with van der Waals surface area (Å²) < 4.78 is 12.8. The van der Waals surface area contributed by atoms with Crippen molar-refractivity contribution in [2.24, 2.45) is 0 Å². The molecule has 1 aliphatic heterocycles. The Morgan fingerprint density at radius 2 is 1.61 bits per heavy atom. The molecule has 6 aromatic rings. The number of nitrogens with zero attached hydrogens (tertiary/aromatic N) is 3. The van der Waals surface area contributed by atoms with Crippen molar-refractivity contribution in [1.82, 2.24) is 14.5 Å². The Morgan fingerprint density at radius 3 is 2.50 bits per heavy atom. The molecule has 0 unspecified atom stereocenters. The van der Waals surface area contributed by atoms with Crippen LogP contribution in [-0.4, -0.2) is 27.2 Å². The van der Waals surface area contributed by atoms with Crippen LogP contribution < -0.4 is 20.5 Å². The summed E-state index contributed by atoms with van der Waals surface area (Å²) in [6, 6.07) is 26.7. The third kappa shape index (κ3) is 3.05. The Morgan fingerprint density at radius 1 is 0.861 bits per heavy atom. The highest BCUT2D eigenvalue weighted by Gasteiger charge is 2.26. The lowest BCUT2D eigenvalue weighted by Crippen LogP contribution is -2.14. The molecule has 0 spiro atoms. The van der Waals surface area contributed by atoms with Crippen LogP contribution in [-0.2, 0) is 0 Å². The molecule has 2 aromatic heterocycles. The van der Waals surface area contributed by atoms with Gasteiger partial charge in [0.15, 0.2) is 17.1 Å². The molecule has 0 saturated heterocycles. The van der Waals surface area contributed by atoms with E-state index >= 15 is 0 Å². The van der Waals surface area contributed by atoms with Crippen molar-refractivity contribution in [2.75, 3.05) is 17.8 Å². The van der Waals surface area contributed by atoms with Crippen LogP contribution in [0.4, 0.5) is 11.5 Å². The van der Waals surface area contributed by atoms with Gasteiger partial charge in [0.25, 0.3) is 5.91 Å². The molecule has 0 saturated carbocycles. The van der Waals surface area contributed by atoms with Gasteiger partial charge in [0.1, 0.15) is 16.9 Å². The second kappa shape index (κ2) is 7.71. The number of fused-ring (bicyclic) bond motifs is 4. The Balaban J connectivity index is 1.44. The van der Waals surface area contributed by atoms with Crippen LogP contribution in [0.15, 0.2) is 84.9 Å². The molecule has 3 heterocycles. The van der Waals surface area contributed by atoms with Gasteiger partial charge in [-0.05, 0) is 35.7 Å². The van der Waals surface area contributed by atoms with E-state index in [1.54, 1.807) is 4.57 Å². The van der Waals surface area contributed by atoms with Crippen molar-refractivity contribution >= 4 is 50.4 Å². The minimum Gasteiger partial charge on any atom is -0.454 e. The monoisotopic (exact) mass is 473 g/mol. The molecule has 0 bridgehead atoms. The maximum atomic E-state index is 13.7. The molecule has 8 nitrogen and oxygen atoms in total. The van der Waals surface area contributed by atoms with Gasteiger partial charge in [0.05, 0.1) is 16.7 Å². The Bertz CT molecular complexity index is 1840. The topological polar surface area (TPSA) is 104 Å². The zero-order chi connectivity index (χ0) is 24.2. The summed E-state index contributed by atoms with van der Waals surface area (Å²) in [5.41, 5.74) is 10.6. The normalized spacial score (nSPS) is 12.4. The third-order valence-corrected chi connectivity index (χ3v) is 6.38. The Hall–Kier alpha value is -5.11. The number of amides is 1. The predicted octanol–water partition coefficient (Wildman–Crippen LogP) is 5.29. The third-order valence-electron chi connectivity index (χ3n) is 6.38. The van der Waals surface area contributed by atoms with E-state index in [1.807, 2.05) is 84.9 Å². The quantitative estimate of drug-likeness (QED) is 0.362. The summed E-state index contributed by atoms with van der Waals surface area (Å²) in [4.78, 5) is 23.4. The number of hydrogen-bond donors (Lipinski definition) is 2. The van der Waals surface area contributed by atoms with Crippen LogP contribution in [0.5, 0.6) is 11.5 Å². The number of para-hydroxylation sites is 2. The predicted molar refractivity (Wildman–Crippen MR) is 139 cm³/mol. The summed E-state index contributed by atoms with van der Waals surface area (Å²) in [6.07, 6.45) is 0. The number of benzene rings is 4. The first-order valence-electron chi connectivity index (χ1n) is 11.4. The second-order valence-corrected chi connectivity index (χ2v) is 8.50. The van der Waals surface area contributed by atoms with Crippen LogP contribution in [0, 0.1) is 0 Å². The summed E-state index contributed by atoms with van der Waals surface area (Å²) in [7, 11) is 0. The molecule has 0 radical (unpaired) electrons. The van der Waals surface area contributed by atoms with Crippen LogP contribution >= 0.6 is 0 Å². The van der Waals surface area contributed by atoms with E-state index < -0.39 is 0 Å². The lowest BCUT2D eigenvalue weighted by molar-refractivity contribution is 0.102. The average Bonchev–Trinajstić information content (AvgIpc) is 3.48. The van der Waals surface area contributed by atoms with Crippen molar-refractivity contribution in [3.63, 3.8) is 0 Å². The minimum absolute atomic E-state index is 0.157. The molecule has 0 atom stereocenters. The molecule has 4 aromatic carbocycles. The van der Waals surface area contributed by atoms with Crippen LogP contribution in [0.25, 0.3) is 38.7 Å². The molecule has 1 aliphatic rings. The SMILES string of the molecule is Nc1c(C(=O)Nc2cccc3ccccc23)c2nc3ccccc3nc2n1-c1ccc2c(c1)OCO2. The maximum absolute atomic E-state index is 13.7. The van der Waals surface area contributed by atoms with Gasteiger partial charge in [-0.3, -0.25) is 9.36 Å². The standard InChI is InChI=1S/C28H19N5O3/c29-26-24(28(34)32-19-11-5-7-16-6-1-2-8-18(16)19)25-27(31-21-10-4-3-9-20(21)30-25)33(26)17-12-13-22-23(14-17)36-15-35-22/h1-14H,15,29H2,(H,32,34). The number of nitrogens with two attached hydrogens (primary N) is 1. The number of nitrogens with one attached hydrogen (secondary N) is 1. The molecule has 8 heteroatoms. The minimum atomic E-state index is -0.363. The van der Waals surface area contributed by atoms with Gasteiger partial charge in [-0.15, -0.1) is 0 Å². The summed E-state index contributed by atoms with van der Waals surface area (Å²) in [5, 5.41) is 5.00. The fourth-order valence-corrected chi connectivity index (χ4v) is 4.69. The molecule has 174 valence electrons. The van der Waals surface area contributed by atoms with Crippen LogP contribution in [0.1, 0.15) is 10.4 Å². The van der Waals surface area contributed by atoms with Gasteiger partial charge < -0.3 is 20.5 Å². The number of rotatable bonds is 3. The zero-order valence-corrected chi connectivity index (χ0v) is 18.9. The van der Waals surface area contributed by atoms with Crippen molar-refractivity contribution < 1.29 is 14.3 Å². The van der Waals surface area contributed by atoms with Crippen LogP contribution in [0.2, 0.25) is 0 Å². The van der Waals surface area contributed by atoms with E-state index in [-0.39, 0.29) is 24.1 Å². The Kier molecular flexibility index (Phi) is 4.34. The maximum Gasteiger partial charge on any atom is 0.261 e. The van der Waals surface area contributed by atoms with Crippen LogP contribution in [0.3, 0.4) is 0 Å². The summed E-state index contributed by atoms with van der Waals surface area (Å²) in [5.74, 6) is 1.12. The largest absolute Gasteiger partial charge is 0.454 e. The van der Waals surface area contributed by atoms with Crippen molar-refractivity contribution in [3.05, 3.63) is 90.5 Å². The number of hydrogen-bond acceptors (Lipinski definition) is 6. The van der Waals surface area contributed by atoms with Gasteiger partial charge in [0.2, 0.25) is 6.79 Å². The summed E-state index contributed by atoms with van der Waals surface area (Å²) in [6.45, 7) is 0.157. The lowest BCUT2D eigenvalue weighted by Gasteiger charge is -2.10. The van der Waals surface area contributed by atoms with Crippen molar-refractivity contribution in [2.45, 2.75) is 0 Å². The molecule has 36 heavy (non-hydrogen) atoms. The number of carbonyl (C=O) groups is 1. The van der Waals surface area contributed by atoms with E-state index in [0.717, 1.165) is 10.8 Å². The summed E-state index contributed by atoms with van der Waals surface area (Å²) >= 11 is 0. The Labute approximate surface area is 204 Å². The fraction of sp³-hybridized carbons (Fsp3) is 0.0357. The second-order valence-electron chi connectivity index (χ2n) is 8.50. The average molecular weight is 473 g/mol. The highest BCUT2D eigenvalue weighted by atomic mass is 16.7. The first kappa shape index (κ1) is 20.3. The zero-order valence-electron chi connectivity index (χ0n) is 18.9. The van der Waals surface area contributed by atoms with Crippen molar-refractivity contribution in [3.8, 4) is 17.2 Å². The van der Waals surface area contributed by atoms with Gasteiger partial charge >= 0.3 is 0 Å². The van der Waals surface area contributed by atoms with E-state index in [0.29, 0.717) is 45.1 Å².